The second-order valence-corrected chi connectivity index (χ2v) is 6.88. The van der Waals surface area contributed by atoms with Crippen LogP contribution in [0.2, 0.25) is 0 Å². The topological polar surface area (TPSA) is 126 Å². The monoisotopic (exact) mass is 404 g/mol. The number of hydrogen-bond donors (Lipinski definition) is 3. The summed E-state index contributed by atoms with van der Waals surface area (Å²) < 4.78 is 16.2. The van der Waals surface area contributed by atoms with E-state index in [0.717, 1.165) is 11.1 Å². The third-order valence-electron chi connectivity index (χ3n) is 5.11. The van der Waals surface area contributed by atoms with Crippen LogP contribution >= 0.6 is 0 Å². The highest BCUT2D eigenvalue weighted by Gasteiger charge is 2.36. The highest BCUT2D eigenvalue weighted by Crippen LogP contribution is 2.48. The number of aromatic amines is 1. The fourth-order valence-corrected chi connectivity index (χ4v) is 3.60. The molecule has 0 bridgehead atoms. The van der Waals surface area contributed by atoms with Gasteiger partial charge in [0.1, 0.15) is 11.6 Å². The zero-order valence-electron chi connectivity index (χ0n) is 16.7. The molecule has 4 rings (SSSR count). The third kappa shape index (κ3) is 2.97. The van der Waals surface area contributed by atoms with Crippen LogP contribution in [0.3, 0.4) is 0 Å². The lowest BCUT2D eigenvalue weighted by molar-refractivity contribution is 0.338. The summed E-state index contributed by atoms with van der Waals surface area (Å²) in [7, 11) is 2.89. The number of hydrogen-bond acceptors (Lipinski definition) is 7. The molecule has 1 atom stereocenters. The van der Waals surface area contributed by atoms with Crippen molar-refractivity contribution in [2.45, 2.75) is 12.8 Å². The molecule has 0 spiro atoms. The van der Waals surface area contributed by atoms with Crippen LogP contribution in [-0.4, -0.2) is 29.5 Å². The number of nitrogens with one attached hydrogen (secondary N) is 1. The van der Waals surface area contributed by atoms with Crippen molar-refractivity contribution < 1.29 is 19.3 Å². The molecule has 2 aromatic carbocycles. The fraction of sp³-hybridized carbons (Fsp3) is 0.182. The standard InChI is InChI=1S/C22H20N4O4/c1-11-4-6-12(7-5-11)19-18-17(14(10-23)21(24)30-22(18)26-25-19)13-8-15(28-2)20(27)16(9-13)29-3/h4-9,17,27H,24H2,1-3H3,(H,25,26)/t17-/m0/s1. The van der Waals surface area contributed by atoms with Gasteiger partial charge in [0.25, 0.3) is 0 Å². The molecule has 0 radical (unpaired) electrons. The smallest absolute Gasteiger partial charge is 0.244 e. The zero-order chi connectivity index (χ0) is 21.4. The number of allylic oxidation sites excluding steroid dienone is 1. The molecule has 0 saturated heterocycles. The molecule has 8 nitrogen and oxygen atoms in total. The number of methoxy groups -OCH3 is 2. The minimum absolute atomic E-state index is 0.0250. The highest BCUT2D eigenvalue weighted by molar-refractivity contribution is 5.71. The molecule has 0 fully saturated rings. The summed E-state index contributed by atoms with van der Waals surface area (Å²) in [5.41, 5.74) is 10.3. The number of ether oxygens (including phenoxy) is 3. The molecule has 1 aliphatic heterocycles. The van der Waals surface area contributed by atoms with E-state index in [0.29, 0.717) is 16.8 Å². The summed E-state index contributed by atoms with van der Waals surface area (Å²) in [6.07, 6.45) is 0. The van der Waals surface area contributed by atoms with Gasteiger partial charge in [-0.2, -0.15) is 5.26 Å². The normalized spacial score (nSPS) is 15.2. The highest BCUT2D eigenvalue weighted by atomic mass is 16.5. The maximum absolute atomic E-state index is 10.3. The first-order valence-corrected chi connectivity index (χ1v) is 9.16. The second kappa shape index (κ2) is 7.37. The van der Waals surface area contributed by atoms with Gasteiger partial charge >= 0.3 is 0 Å². The molecule has 2 heterocycles. The number of nitrogens with zero attached hydrogens (tertiary/aromatic N) is 2. The third-order valence-corrected chi connectivity index (χ3v) is 5.11. The maximum atomic E-state index is 10.3. The molecule has 0 aliphatic carbocycles. The number of nitriles is 1. The van der Waals surface area contributed by atoms with Crippen molar-refractivity contribution in [3.8, 4) is 40.5 Å². The van der Waals surface area contributed by atoms with Crippen LogP contribution in [0, 0.1) is 18.3 Å². The van der Waals surface area contributed by atoms with Crippen molar-refractivity contribution in [3.05, 3.63) is 64.5 Å². The minimum atomic E-state index is -0.600. The molecule has 4 N–H and O–H groups in total. The van der Waals surface area contributed by atoms with E-state index < -0.39 is 5.92 Å². The van der Waals surface area contributed by atoms with Gasteiger partial charge in [0.05, 0.1) is 31.4 Å². The largest absolute Gasteiger partial charge is 0.502 e. The Morgan fingerprint density at radius 3 is 2.37 bits per heavy atom. The van der Waals surface area contributed by atoms with Crippen molar-refractivity contribution in [1.82, 2.24) is 10.2 Å². The molecule has 0 amide bonds. The Bertz CT molecular complexity index is 1160. The molecule has 8 heteroatoms. The van der Waals surface area contributed by atoms with Gasteiger partial charge in [-0.15, -0.1) is 5.10 Å². The van der Waals surface area contributed by atoms with Crippen molar-refractivity contribution in [2.24, 2.45) is 5.73 Å². The van der Waals surface area contributed by atoms with Crippen molar-refractivity contribution >= 4 is 0 Å². The van der Waals surface area contributed by atoms with Crippen LogP contribution in [0.25, 0.3) is 11.3 Å². The predicted octanol–water partition coefficient (Wildman–Crippen LogP) is 3.33. The maximum Gasteiger partial charge on any atom is 0.244 e. The number of aromatic hydroxyl groups is 1. The average Bonchev–Trinajstić information content (AvgIpc) is 3.16. The van der Waals surface area contributed by atoms with Crippen LogP contribution in [0.1, 0.15) is 22.6 Å². The summed E-state index contributed by atoms with van der Waals surface area (Å²) in [6, 6.07) is 13.4. The molecule has 1 aromatic heterocycles. The Kier molecular flexibility index (Phi) is 4.72. The number of aryl methyl sites for hydroxylation is 1. The van der Waals surface area contributed by atoms with Crippen LogP contribution in [0.5, 0.6) is 23.1 Å². The Morgan fingerprint density at radius 1 is 1.17 bits per heavy atom. The number of nitrogens with two attached hydrogens (primary N) is 1. The summed E-state index contributed by atoms with van der Waals surface area (Å²) in [5.74, 6) is -0.0297. The average molecular weight is 404 g/mol. The second-order valence-electron chi connectivity index (χ2n) is 6.88. The van der Waals surface area contributed by atoms with Crippen molar-refractivity contribution in [1.29, 1.82) is 5.26 Å². The van der Waals surface area contributed by atoms with Gasteiger partial charge in [-0.3, -0.25) is 5.10 Å². The van der Waals surface area contributed by atoms with Crippen LogP contribution in [-0.2, 0) is 0 Å². The van der Waals surface area contributed by atoms with E-state index >= 15 is 0 Å². The number of fused-ring (bicyclic) bond motifs is 1. The van der Waals surface area contributed by atoms with Gasteiger partial charge in [0.15, 0.2) is 11.5 Å². The van der Waals surface area contributed by atoms with Gasteiger partial charge in [0.2, 0.25) is 17.5 Å². The van der Waals surface area contributed by atoms with Crippen molar-refractivity contribution in [3.63, 3.8) is 0 Å². The molecule has 1 aliphatic rings. The lowest BCUT2D eigenvalue weighted by Gasteiger charge is -2.25. The molecule has 0 saturated carbocycles. The number of phenolic OH excluding ortho intramolecular Hbond substituents is 1. The van der Waals surface area contributed by atoms with E-state index in [2.05, 4.69) is 16.3 Å². The molecular weight excluding hydrogens is 384 g/mol. The summed E-state index contributed by atoms with van der Waals surface area (Å²) >= 11 is 0. The van der Waals surface area contributed by atoms with E-state index in [1.807, 2.05) is 31.2 Å². The Balaban J connectivity index is 1.98. The summed E-state index contributed by atoms with van der Waals surface area (Å²) in [5, 5.41) is 27.4. The first-order chi connectivity index (χ1) is 14.5. The van der Waals surface area contributed by atoms with E-state index in [-0.39, 0.29) is 34.6 Å². The lowest BCUT2D eigenvalue weighted by Crippen LogP contribution is -2.21. The number of H-pyrrole nitrogens is 1. The number of phenols is 1. The Hall–Kier alpha value is -4.12. The van der Waals surface area contributed by atoms with Crippen LogP contribution < -0.4 is 19.9 Å². The predicted molar refractivity (Wildman–Crippen MR) is 109 cm³/mol. The number of aromatic nitrogens is 2. The van der Waals surface area contributed by atoms with Gasteiger partial charge in [0, 0.05) is 5.56 Å². The SMILES string of the molecule is COc1cc([C@H]2C(C#N)=C(N)Oc3n[nH]c(-c4ccc(C)cc4)c32)cc(OC)c1O. The first-order valence-electron chi connectivity index (χ1n) is 9.16. The molecule has 30 heavy (non-hydrogen) atoms. The van der Waals surface area contributed by atoms with E-state index in [4.69, 9.17) is 19.9 Å². The quantitative estimate of drug-likeness (QED) is 0.609. The van der Waals surface area contributed by atoms with E-state index in [9.17, 15) is 10.4 Å². The Morgan fingerprint density at radius 2 is 1.80 bits per heavy atom. The molecule has 3 aromatic rings. The number of rotatable bonds is 4. The summed E-state index contributed by atoms with van der Waals surface area (Å²) in [4.78, 5) is 0. The lowest BCUT2D eigenvalue weighted by atomic mass is 9.82. The van der Waals surface area contributed by atoms with Crippen LogP contribution in [0.15, 0.2) is 47.9 Å². The fourth-order valence-electron chi connectivity index (χ4n) is 3.60. The van der Waals surface area contributed by atoms with Crippen LogP contribution in [0.4, 0.5) is 0 Å². The van der Waals surface area contributed by atoms with Gasteiger partial charge in [-0.05, 0) is 24.6 Å². The summed E-state index contributed by atoms with van der Waals surface area (Å²) in [6.45, 7) is 2.00. The van der Waals surface area contributed by atoms with Gasteiger partial charge in [-0.25, -0.2) is 0 Å². The number of benzene rings is 2. The van der Waals surface area contributed by atoms with Crippen molar-refractivity contribution in [2.75, 3.05) is 14.2 Å². The minimum Gasteiger partial charge on any atom is -0.502 e. The molecule has 0 unspecified atom stereocenters. The molecule has 152 valence electrons. The van der Waals surface area contributed by atoms with E-state index in [1.165, 1.54) is 14.2 Å². The zero-order valence-corrected chi connectivity index (χ0v) is 16.7. The first kappa shape index (κ1) is 19.2. The molecular formula is C22H20N4O4. The van der Waals surface area contributed by atoms with E-state index in [1.54, 1.807) is 12.1 Å². The Labute approximate surface area is 173 Å². The van der Waals surface area contributed by atoms with Gasteiger partial charge in [-0.1, -0.05) is 29.8 Å². The van der Waals surface area contributed by atoms with Gasteiger partial charge < -0.3 is 25.1 Å².